The van der Waals surface area contributed by atoms with Crippen molar-refractivity contribution < 1.29 is 14.7 Å². The number of carboxylic acid groups (broad SMARTS) is 1. The summed E-state index contributed by atoms with van der Waals surface area (Å²) in [5, 5.41) is 24.9. The number of carboxylic acids is 1. The van der Waals surface area contributed by atoms with E-state index >= 15 is 0 Å². The SMILES string of the molecule is CC(C)(NC(=O)Cn1nnc(-c2cccs2)n1)C(=O)O. The largest absolute Gasteiger partial charge is 0.480 e. The summed E-state index contributed by atoms with van der Waals surface area (Å²) in [5.41, 5.74) is -1.34. The first kappa shape index (κ1) is 14.1. The van der Waals surface area contributed by atoms with Gasteiger partial charge in [-0.05, 0) is 30.5 Å². The first-order valence-corrected chi connectivity index (χ1v) is 6.62. The maximum atomic E-state index is 11.7. The molecule has 2 heterocycles. The molecular weight excluding hydrogens is 282 g/mol. The first-order chi connectivity index (χ1) is 9.38. The van der Waals surface area contributed by atoms with Crippen LogP contribution in [-0.2, 0) is 16.1 Å². The van der Waals surface area contributed by atoms with Gasteiger partial charge in [-0.2, -0.15) is 4.80 Å². The third-order valence-corrected chi connectivity index (χ3v) is 3.33. The molecule has 0 aromatic carbocycles. The van der Waals surface area contributed by atoms with Crippen LogP contribution in [0, 0.1) is 0 Å². The second kappa shape index (κ2) is 5.37. The Morgan fingerprint density at radius 2 is 2.25 bits per heavy atom. The Morgan fingerprint density at radius 3 is 2.85 bits per heavy atom. The van der Waals surface area contributed by atoms with Crippen molar-refractivity contribution in [1.82, 2.24) is 25.5 Å². The summed E-state index contributed by atoms with van der Waals surface area (Å²) in [7, 11) is 0. The maximum Gasteiger partial charge on any atom is 0.328 e. The molecule has 0 spiro atoms. The summed E-state index contributed by atoms with van der Waals surface area (Å²) < 4.78 is 0. The standard InChI is InChI=1S/C11H13N5O3S/c1-11(2,10(18)19)12-8(17)6-16-14-9(13-15-16)7-4-3-5-20-7/h3-5H,6H2,1-2H3,(H,12,17)(H,18,19). The highest BCUT2D eigenvalue weighted by Gasteiger charge is 2.29. The van der Waals surface area contributed by atoms with E-state index in [1.54, 1.807) is 0 Å². The van der Waals surface area contributed by atoms with Gasteiger partial charge in [-0.15, -0.1) is 21.5 Å². The van der Waals surface area contributed by atoms with Crippen molar-refractivity contribution in [3.8, 4) is 10.7 Å². The predicted molar refractivity (Wildman–Crippen MR) is 71.0 cm³/mol. The molecule has 2 aromatic heterocycles. The van der Waals surface area contributed by atoms with E-state index in [1.165, 1.54) is 25.2 Å². The van der Waals surface area contributed by atoms with E-state index in [2.05, 4.69) is 20.7 Å². The van der Waals surface area contributed by atoms with Crippen molar-refractivity contribution in [2.45, 2.75) is 25.9 Å². The molecule has 106 valence electrons. The van der Waals surface area contributed by atoms with Gasteiger partial charge in [0.05, 0.1) is 4.88 Å². The van der Waals surface area contributed by atoms with E-state index < -0.39 is 17.4 Å². The van der Waals surface area contributed by atoms with E-state index in [1.807, 2.05) is 17.5 Å². The van der Waals surface area contributed by atoms with Gasteiger partial charge in [0.25, 0.3) is 0 Å². The quantitative estimate of drug-likeness (QED) is 0.825. The number of hydrogen-bond donors (Lipinski definition) is 2. The first-order valence-electron chi connectivity index (χ1n) is 5.74. The molecular formula is C11H13N5O3S. The molecule has 2 N–H and O–H groups in total. The van der Waals surface area contributed by atoms with Gasteiger partial charge in [0.2, 0.25) is 11.7 Å². The molecule has 0 saturated carbocycles. The molecule has 8 nitrogen and oxygen atoms in total. The third-order valence-electron chi connectivity index (χ3n) is 2.47. The average molecular weight is 295 g/mol. The van der Waals surface area contributed by atoms with Crippen molar-refractivity contribution in [3.05, 3.63) is 17.5 Å². The number of thiophene rings is 1. The Labute approximate surface area is 118 Å². The van der Waals surface area contributed by atoms with Crippen molar-refractivity contribution in [1.29, 1.82) is 0 Å². The molecule has 0 radical (unpaired) electrons. The van der Waals surface area contributed by atoms with E-state index in [9.17, 15) is 9.59 Å². The molecule has 0 bridgehead atoms. The van der Waals surface area contributed by atoms with Crippen LogP contribution in [0.4, 0.5) is 0 Å². The lowest BCUT2D eigenvalue weighted by molar-refractivity contribution is -0.146. The van der Waals surface area contributed by atoms with Gasteiger partial charge in [0.1, 0.15) is 12.1 Å². The molecule has 0 aliphatic rings. The molecule has 0 aliphatic carbocycles. The Bertz CT molecular complexity index is 620. The summed E-state index contributed by atoms with van der Waals surface area (Å²) in [6.07, 6.45) is 0. The summed E-state index contributed by atoms with van der Waals surface area (Å²) in [5.74, 6) is -1.17. The molecule has 0 unspecified atom stereocenters. The zero-order chi connectivity index (χ0) is 14.8. The number of amides is 1. The fraction of sp³-hybridized carbons (Fsp3) is 0.364. The summed E-state index contributed by atoms with van der Waals surface area (Å²) in [6, 6.07) is 3.71. The molecule has 0 aliphatic heterocycles. The fourth-order valence-electron chi connectivity index (χ4n) is 1.38. The van der Waals surface area contributed by atoms with E-state index in [0.29, 0.717) is 5.82 Å². The average Bonchev–Trinajstić information content (AvgIpc) is 2.97. The van der Waals surface area contributed by atoms with Gasteiger partial charge in [-0.25, -0.2) is 4.79 Å². The zero-order valence-corrected chi connectivity index (χ0v) is 11.7. The summed E-state index contributed by atoms with van der Waals surface area (Å²) in [6.45, 7) is 2.62. The lowest BCUT2D eigenvalue weighted by atomic mass is 10.1. The number of carbonyl (C=O) groups is 2. The third kappa shape index (κ3) is 3.18. The minimum atomic E-state index is -1.34. The Hall–Kier alpha value is -2.29. The molecule has 0 saturated heterocycles. The molecule has 2 aromatic rings. The van der Waals surface area contributed by atoms with Gasteiger partial charge in [0.15, 0.2) is 0 Å². The van der Waals surface area contributed by atoms with Crippen molar-refractivity contribution in [2.75, 3.05) is 0 Å². The van der Waals surface area contributed by atoms with Crippen LogP contribution in [0.5, 0.6) is 0 Å². The Balaban J connectivity index is 2.01. The van der Waals surface area contributed by atoms with E-state index in [4.69, 9.17) is 5.11 Å². The number of tetrazole rings is 1. The van der Waals surface area contributed by atoms with E-state index in [0.717, 1.165) is 9.67 Å². The van der Waals surface area contributed by atoms with Crippen LogP contribution in [0.25, 0.3) is 10.7 Å². The highest BCUT2D eigenvalue weighted by molar-refractivity contribution is 7.13. The Morgan fingerprint density at radius 1 is 1.50 bits per heavy atom. The minimum absolute atomic E-state index is 0.185. The van der Waals surface area contributed by atoms with Crippen LogP contribution in [0.2, 0.25) is 0 Å². The second-order valence-electron chi connectivity index (χ2n) is 4.60. The van der Waals surface area contributed by atoms with Crippen molar-refractivity contribution >= 4 is 23.2 Å². The summed E-state index contributed by atoms with van der Waals surface area (Å²) in [4.78, 5) is 24.6. The van der Waals surface area contributed by atoms with Crippen molar-refractivity contribution in [2.24, 2.45) is 0 Å². The molecule has 20 heavy (non-hydrogen) atoms. The lowest BCUT2D eigenvalue weighted by Crippen LogP contribution is -2.50. The number of aromatic nitrogens is 4. The van der Waals surface area contributed by atoms with Crippen LogP contribution in [-0.4, -0.2) is 42.7 Å². The highest BCUT2D eigenvalue weighted by Crippen LogP contribution is 2.19. The van der Waals surface area contributed by atoms with Crippen LogP contribution >= 0.6 is 11.3 Å². The van der Waals surface area contributed by atoms with E-state index in [-0.39, 0.29) is 6.54 Å². The van der Waals surface area contributed by atoms with Gasteiger partial charge >= 0.3 is 5.97 Å². The molecule has 2 rings (SSSR count). The molecule has 0 atom stereocenters. The number of rotatable bonds is 5. The second-order valence-corrected chi connectivity index (χ2v) is 5.55. The topological polar surface area (TPSA) is 110 Å². The lowest BCUT2D eigenvalue weighted by Gasteiger charge is -2.20. The normalized spacial score (nSPS) is 11.3. The predicted octanol–water partition coefficient (Wildman–Crippen LogP) is 0.381. The van der Waals surface area contributed by atoms with Crippen LogP contribution in [0.3, 0.4) is 0 Å². The molecule has 1 amide bonds. The monoisotopic (exact) mass is 295 g/mol. The number of carbonyl (C=O) groups excluding carboxylic acids is 1. The number of aliphatic carboxylic acids is 1. The Kier molecular flexibility index (Phi) is 3.79. The van der Waals surface area contributed by atoms with Crippen LogP contribution in [0.15, 0.2) is 17.5 Å². The number of hydrogen-bond acceptors (Lipinski definition) is 6. The smallest absolute Gasteiger partial charge is 0.328 e. The summed E-state index contributed by atoms with van der Waals surface area (Å²) >= 11 is 1.47. The van der Waals surface area contributed by atoms with Gasteiger partial charge in [-0.1, -0.05) is 6.07 Å². The maximum absolute atomic E-state index is 11.7. The number of nitrogens with zero attached hydrogens (tertiary/aromatic N) is 4. The highest BCUT2D eigenvalue weighted by atomic mass is 32.1. The van der Waals surface area contributed by atoms with Crippen LogP contribution < -0.4 is 5.32 Å². The minimum Gasteiger partial charge on any atom is -0.480 e. The van der Waals surface area contributed by atoms with Gasteiger partial charge < -0.3 is 10.4 Å². The molecule has 0 fully saturated rings. The van der Waals surface area contributed by atoms with Crippen molar-refractivity contribution in [3.63, 3.8) is 0 Å². The van der Waals surface area contributed by atoms with Gasteiger partial charge in [0, 0.05) is 0 Å². The van der Waals surface area contributed by atoms with Gasteiger partial charge in [-0.3, -0.25) is 4.79 Å². The van der Waals surface area contributed by atoms with Crippen LogP contribution in [0.1, 0.15) is 13.8 Å². The molecule has 9 heteroatoms. The number of nitrogens with one attached hydrogen (secondary N) is 1. The fourth-order valence-corrected chi connectivity index (χ4v) is 2.03. The zero-order valence-electron chi connectivity index (χ0n) is 10.9.